The molecular formula is C39H66O6. The first-order valence-corrected chi connectivity index (χ1v) is 17.9. The van der Waals surface area contributed by atoms with Crippen LogP contribution in [0.1, 0.15) is 149 Å². The molecule has 0 aromatic heterocycles. The quantitative estimate of drug-likeness (QED) is 0.0343. The molecular weight excluding hydrogens is 564 g/mol. The van der Waals surface area contributed by atoms with E-state index in [0.29, 0.717) is 19.3 Å². The summed E-state index contributed by atoms with van der Waals surface area (Å²) < 4.78 is 10.2. The fraction of sp³-hybridized carbons (Fsp3) is 0.692. The van der Waals surface area contributed by atoms with Crippen molar-refractivity contribution in [3.63, 3.8) is 0 Å². The van der Waals surface area contributed by atoms with Crippen molar-refractivity contribution in [2.75, 3.05) is 13.2 Å². The lowest BCUT2D eigenvalue weighted by molar-refractivity contribution is -0.152. The third kappa shape index (κ3) is 34.3. The van der Waals surface area contributed by atoms with Gasteiger partial charge in [-0.15, -0.1) is 0 Å². The molecule has 0 aromatic carbocycles. The minimum atomic E-state index is -0.995. The Morgan fingerprint density at radius 1 is 0.556 bits per heavy atom. The summed E-state index contributed by atoms with van der Waals surface area (Å²) >= 11 is 0. The van der Waals surface area contributed by atoms with Gasteiger partial charge in [-0.25, -0.2) is 0 Å². The number of hydrogen-bond acceptors (Lipinski definition) is 6. The molecule has 2 atom stereocenters. The second-order valence-corrected chi connectivity index (χ2v) is 11.8. The van der Waals surface area contributed by atoms with Crippen LogP contribution in [0.2, 0.25) is 0 Å². The molecule has 0 amide bonds. The second kappa shape index (κ2) is 34.4. The van der Waals surface area contributed by atoms with E-state index in [2.05, 4.69) is 49.5 Å². The van der Waals surface area contributed by atoms with Gasteiger partial charge in [0.05, 0.1) is 6.10 Å². The van der Waals surface area contributed by atoms with Gasteiger partial charge in [-0.2, -0.15) is 0 Å². The van der Waals surface area contributed by atoms with Crippen LogP contribution in [0.4, 0.5) is 0 Å². The Kier molecular flexibility index (Phi) is 32.6. The van der Waals surface area contributed by atoms with E-state index in [-0.39, 0.29) is 31.3 Å². The van der Waals surface area contributed by atoms with Gasteiger partial charge in [0.25, 0.3) is 0 Å². The Morgan fingerprint density at radius 2 is 1.00 bits per heavy atom. The van der Waals surface area contributed by atoms with Crippen LogP contribution in [0.5, 0.6) is 0 Å². The molecule has 0 fully saturated rings. The average molecular weight is 631 g/mol. The smallest absolute Gasteiger partial charge is 0.305 e. The second-order valence-electron chi connectivity index (χ2n) is 11.8. The number of carbonyl (C=O) groups excluding carboxylic acids is 2. The first-order chi connectivity index (χ1) is 22.0. The fourth-order valence-electron chi connectivity index (χ4n) is 4.54. The summed E-state index contributed by atoms with van der Waals surface area (Å²) in [5.74, 6) is -0.653. The molecule has 6 nitrogen and oxygen atoms in total. The van der Waals surface area contributed by atoms with Crippen LogP contribution in [0.25, 0.3) is 0 Å². The molecule has 0 heterocycles. The predicted molar refractivity (Wildman–Crippen MR) is 188 cm³/mol. The number of carbonyl (C=O) groups is 2. The van der Waals surface area contributed by atoms with E-state index in [1.54, 1.807) is 6.08 Å². The lowest BCUT2D eigenvalue weighted by Crippen LogP contribution is -2.25. The van der Waals surface area contributed by atoms with Gasteiger partial charge in [0.15, 0.2) is 0 Å². The zero-order valence-corrected chi connectivity index (χ0v) is 28.7. The van der Waals surface area contributed by atoms with Crippen molar-refractivity contribution >= 4 is 11.9 Å². The molecule has 0 aromatic rings. The first-order valence-electron chi connectivity index (χ1n) is 17.9. The minimum absolute atomic E-state index is 0.143. The topological polar surface area (TPSA) is 93.1 Å². The first kappa shape index (κ1) is 42.6. The highest BCUT2D eigenvalue weighted by molar-refractivity contribution is 5.69. The molecule has 0 bridgehead atoms. The van der Waals surface area contributed by atoms with Crippen molar-refractivity contribution < 1.29 is 29.3 Å². The highest BCUT2D eigenvalue weighted by Crippen LogP contribution is 2.13. The molecule has 0 aliphatic carbocycles. The number of rotatable bonds is 31. The van der Waals surface area contributed by atoms with Gasteiger partial charge in [-0.3, -0.25) is 9.59 Å². The number of unbranched alkanes of at least 4 members (excludes halogenated alkanes) is 13. The van der Waals surface area contributed by atoms with E-state index in [9.17, 15) is 19.8 Å². The third-order valence-corrected chi connectivity index (χ3v) is 7.42. The third-order valence-electron chi connectivity index (χ3n) is 7.42. The number of aliphatic hydroxyl groups excluding tert-OH is 2. The van der Waals surface area contributed by atoms with Crippen LogP contribution in [0, 0.1) is 0 Å². The van der Waals surface area contributed by atoms with Crippen molar-refractivity contribution in [3.8, 4) is 0 Å². The zero-order valence-electron chi connectivity index (χ0n) is 28.7. The van der Waals surface area contributed by atoms with Gasteiger partial charge in [0, 0.05) is 12.8 Å². The number of esters is 2. The zero-order chi connectivity index (χ0) is 33.1. The standard InChI is InChI=1S/C39H66O6/c1-3-5-6-7-8-9-10-13-17-20-23-26-29-32-38(42)44-34-37(41)35-45-39(43)33-30-27-24-21-18-15-12-11-14-16-19-22-25-28-31-36(40)4-2/h12,14-16,21-22,24-25,28,31,36-37,40-41H,3-11,13,17-20,23,26-27,29-30,32-35H2,1-2H3/b15-12-,16-14-,24-21-,25-22-,31-28+/t36-,37-/m0/s1. The molecule has 0 radical (unpaired) electrons. The molecule has 0 unspecified atom stereocenters. The van der Waals surface area contributed by atoms with E-state index in [4.69, 9.17) is 9.47 Å². The Balaban J connectivity index is 3.59. The van der Waals surface area contributed by atoms with Crippen molar-refractivity contribution in [2.24, 2.45) is 0 Å². The number of aliphatic hydroxyl groups is 2. The summed E-state index contributed by atoms with van der Waals surface area (Å²) in [6, 6.07) is 0. The Morgan fingerprint density at radius 3 is 1.51 bits per heavy atom. The van der Waals surface area contributed by atoms with Crippen molar-refractivity contribution in [1.29, 1.82) is 0 Å². The molecule has 0 rings (SSSR count). The highest BCUT2D eigenvalue weighted by atomic mass is 16.6. The molecule has 0 saturated heterocycles. The molecule has 0 aliphatic rings. The monoisotopic (exact) mass is 630 g/mol. The molecule has 45 heavy (non-hydrogen) atoms. The summed E-state index contributed by atoms with van der Waals surface area (Å²) in [4.78, 5) is 23.8. The number of ether oxygens (including phenoxy) is 2. The van der Waals surface area contributed by atoms with E-state index in [1.165, 1.54) is 64.2 Å². The van der Waals surface area contributed by atoms with Gasteiger partial charge < -0.3 is 19.7 Å². The van der Waals surface area contributed by atoms with Gasteiger partial charge >= 0.3 is 11.9 Å². The van der Waals surface area contributed by atoms with E-state index in [0.717, 1.165) is 51.4 Å². The largest absolute Gasteiger partial charge is 0.463 e. The molecule has 6 heteroatoms. The summed E-state index contributed by atoms with van der Waals surface area (Å²) in [6.45, 7) is 3.90. The SMILES string of the molecule is CCCCCCCCCCCCCCCC(=O)OC[C@H](O)COC(=O)CCC/C=C\C/C=C\C/C=C\C/C=C\C=C\[C@@H](O)CC. The van der Waals surface area contributed by atoms with Gasteiger partial charge in [-0.1, -0.05) is 152 Å². The van der Waals surface area contributed by atoms with Crippen molar-refractivity contribution in [2.45, 2.75) is 161 Å². The van der Waals surface area contributed by atoms with E-state index in [1.807, 2.05) is 19.1 Å². The fourth-order valence-corrected chi connectivity index (χ4v) is 4.54. The van der Waals surface area contributed by atoms with Crippen molar-refractivity contribution in [1.82, 2.24) is 0 Å². The molecule has 258 valence electrons. The van der Waals surface area contributed by atoms with Crippen LogP contribution < -0.4 is 0 Å². The molecule has 0 saturated carbocycles. The maximum Gasteiger partial charge on any atom is 0.305 e. The maximum atomic E-state index is 11.9. The van der Waals surface area contributed by atoms with Gasteiger partial charge in [0.2, 0.25) is 0 Å². The molecule has 0 aliphatic heterocycles. The molecule has 0 spiro atoms. The number of hydrogen-bond donors (Lipinski definition) is 2. The summed E-state index contributed by atoms with van der Waals surface area (Å²) in [7, 11) is 0. The Hall–Kier alpha value is -2.44. The summed E-state index contributed by atoms with van der Waals surface area (Å²) in [5, 5.41) is 19.4. The lowest BCUT2D eigenvalue weighted by atomic mass is 10.0. The maximum absolute atomic E-state index is 11.9. The van der Waals surface area contributed by atoms with Gasteiger partial charge in [-0.05, 0) is 44.9 Å². The Labute approximate surface area is 275 Å². The lowest BCUT2D eigenvalue weighted by Gasteiger charge is -2.12. The molecule has 2 N–H and O–H groups in total. The van der Waals surface area contributed by atoms with Crippen LogP contribution >= 0.6 is 0 Å². The van der Waals surface area contributed by atoms with Crippen LogP contribution in [0.15, 0.2) is 60.8 Å². The van der Waals surface area contributed by atoms with Crippen LogP contribution in [-0.2, 0) is 19.1 Å². The van der Waals surface area contributed by atoms with Crippen LogP contribution in [-0.4, -0.2) is 47.6 Å². The van der Waals surface area contributed by atoms with E-state index < -0.39 is 6.10 Å². The minimum Gasteiger partial charge on any atom is -0.463 e. The van der Waals surface area contributed by atoms with E-state index >= 15 is 0 Å². The number of allylic oxidation sites excluding steroid dienone is 9. The summed E-state index contributed by atoms with van der Waals surface area (Å²) in [6.07, 6.45) is 40.8. The van der Waals surface area contributed by atoms with Crippen molar-refractivity contribution in [3.05, 3.63) is 60.8 Å². The predicted octanol–water partition coefficient (Wildman–Crippen LogP) is 9.81. The highest BCUT2D eigenvalue weighted by Gasteiger charge is 2.12. The average Bonchev–Trinajstić information content (AvgIpc) is 3.04. The van der Waals surface area contributed by atoms with Gasteiger partial charge in [0.1, 0.15) is 19.3 Å². The summed E-state index contributed by atoms with van der Waals surface area (Å²) in [5.41, 5.74) is 0. The normalized spacial score (nSPS) is 13.6. The van der Waals surface area contributed by atoms with Crippen LogP contribution in [0.3, 0.4) is 0 Å². The Bertz CT molecular complexity index is 825.